The van der Waals surface area contributed by atoms with E-state index in [1.807, 2.05) is 12.1 Å². The van der Waals surface area contributed by atoms with Gasteiger partial charge in [-0.05, 0) is 75.4 Å². The second kappa shape index (κ2) is 7.58. The minimum atomic E-state index is -0.0370. The molecule has 0 aliphatic heterocycles. The van der Waals surface area contributed by atoms with E-state index in [0.717, 1.165) is 6.42 Å². The van der Waals surface area contributed by atoms with E-state index < -0.39 is 0 Å². The van der Waals surface area contributed by atoms with Crippen LogP contribution >= 0.6 is 31.9 Å². The molecule has 3 rings (SSSR count). The molecule has 0 saturated heterocycles. The Hall–Kier alpha value is -1.85. The third kappa shape index (κ3) is 3.88. The van der Waals surface area contributed by atoms with Crippen molar-refractivity contribution in [3.8, 4) is 11.5 Å². The number of aromatic hydroxyl groups is 2. The predicted octanol–water partition coefficient (Wildman–Crippen LogP) is 5.84. The number of para-hydroxylation sites is 2. The molecule has 5 heteroatoms. The Labute approximate surface area is 163 Å². The number of carbonyl (C=O) groups is 1. The highest BCUT2D eigenvalue weighted by molar-refractivity contribution is 9.10. The Morgan fingerprint density at radius 3 is 1.68 bits per heavy atom. The Morgan fingerprint density at radius 1 is 0.800 bits per heavy atom. The van der Waals surface area contributed by atoms with Crippen LogP contribution in [0.25, 0.3) is 12.2 Å². The summed E-state index contributed by atoms with van der Waals surface area (Å²) >= 11 is 6.58. The Morgan fingerprint density at radius 2 is 1.24 bits per heavy atom. The number of benzene rings is 2. The first-order chi connectivity index (χ1) is 12.0. The summed E-state index contributed by atoms with van der Waals surface area (Å²) in [5, 5.41) is 20.3. The predicted molar refractivity (Wildman–Crippen MR) is 106 cm³/mol. The van der Waals surface area contributed by atoms with Gasteiger partial charge in [0.05, 0.1) is 8.95 Å². The minimum Gasteiger partial charge on any atom is -0.506 e. The van der Waals surface area contributed by atoms with Gasteiger partial charge in [-0.2, -0.15) is 0 Å². The maximum Gasteiger partial charge on any atom is 0.185 e. The minimum absolute atomic E-state index is 0.0370. The highest BCUT2D eigenvalue weighted by atomic mass is 79.9. The molecule has 1 aliphatic rings. The number of phenolic OH excluding ortho intramolecular Hbond substituents is 2. The van der Waals surface area contributed by atoms with E-state index in [0.29, 0.717) is 44.1 Å². The summed E-state index contributed by atoms with van der Waals surface area (Å²) in [6.45, 7) is 0. The van der Waals surface area contributed by atoms with E-state index in [1.165, 1.54) is 0 Å². The first-order valence-electron chi connectivity index (χ1n) is 7.88. The van der Waals surface area contributed by atoms with Crippen LogP contribution in [0.4, 0.5) is 0 Å². The molecule has 2 N–H and O–H groups in total. The van der Waals surface area contributed by atoms with Crippen LogP contribution in [-0.2, 0) is 4.79 Å². The zero-order valence-corrected chi connectivity index (χ0v) is 16.5. The molecule has 0 heterocycles. The maximum absolute atomic E-state index is 12.8. The van der Waals surface area contributed by atoms with Crippen LogP contribution < -0.4 is 0 Å². The molecule has 128 valence electrons. The van der Waals surface area contributed by atoms with Crippen molar-refractivity contribution in [2.45, 2.75) is 19.3 Å². The van der Waals surface area contributed by atoms with Gasteiger partial charge in [0.25, 0.3) is 0 Å². The summed E-state index contributed by atoms with van der Waals surface area (Å²) in [5.74, 6) is 0.220. The molecule has 2 aromatic carbocycles. The van der Waals surface area contributed by atoms with E-state index in [4.69, 9.17) is 0 Å². The van der Waals surface area contributed by atoms with Gasteiger partial charge in [0.1, 0.15) is 11.5 Å². The zero-order chi connectivity index (χ0) is 18.0. The highest BCUT2D eigenvalue weighted by Crippen LogP contribution is 2.34. The summed E-state index contributed by atoms with van der Waals surface area (Å²) < 4.78 is 1.19. The van der Waals surface area contributed by atoms with Gasteiger partial charge in [-0.3, -0.25) is 4.79 Å². The van der Waals surface area contributed by atoms with Crippen molar-refractivity contribution in [3.63, 3.8) is 0 Å². The lowest BCUT2D eigenvalue weighted by molar-refractivity contribution is -0.112. The van der Waals surface area contributed by atoms with Crippen molar-refractivity contribution in [2.75, 3.05) is 0 Å². The van der Waals surface area contributed by atoms with E-state index in [2.05, 4.69) is 31.9 Å². The average molecular weight is 464 g/mol. The number of phenols is 2. The smallest absolute Gasteiger partial charge is 0.185 e. The average Bonchev–Trinajstić information content (AvgIpc) is 2.59. The number of Topliss-reactive ketones (excluding diaryl/α,β-unsaturated/α-hetero) is 1. The van der Waals surface area contributed by atoms with Crippen LogP contribution in [0.1, 0.15) is 30.4 Å². The Bertz CT molecular complexity index is 826. The normalized spacial score (nSPS) is 18.1. The monoisotopic (exact) mass is 462 g/mol. The van der Waals surface area contributed by atoms with E-state index in [-0.39, 0.29) is 17.3 Å². The molecule has 3 nitrogen and oxygen atoms in total. The summed E-state index contributed by atoms with van der Waals surface area (Å²) in [7, 11) is 0. The molecule has 0 amide bonds. The van der Waals surface area contributed by atoms with Gasteiger partial charge in [-0.15, -0.1) is 0 Å². The van der Waals surface area contributed by atoms with Crippen molar-refractivity contribution in [3.05, 3.63) is 67.6 Å². The lowest BCUT2D eigenvalue weighted by Crippen LogP contribution is -2.12. The Kier molecular flexibility index (Phi) is 5.45. The van der Waals surface area contributed by atoms with Crippen LogP contribution in [-0.4, -0.2) is 16.0 Å². The van der Waals surface area contributed by atoms with Crippen LogP contribution in [0.5, 0.6) is 11.5 Å². The fourth-order valence-electron chi connectivity index (χ4n) is 2.85. The van der Waals surface area contributed by atoms with Crippen LogP contribution in [0, 0.1) is 0 Å². The van der Waals surface area contributed by atoms with Crippen molar-refractivity contribution in [1.82, 2.24) is 0 Å². The van der Waals surface area contributed by atoms with Gasteiger partial charge < -0.3 is 10.2 Å². The maximum atomic E-state index is 12.8. The number of hydrogen-bond acceptors (Lipinski definition) is 3. The van der Waals surface area contributed by atoms with Gasteiger partial charge in [0, 0.05) is 22.3 Å². The number of carbonyl (C=O) groups excluding carboxylic acids is 1. The van der Waals surface area contributed by atoms with Crippen LogP contribution in [0.2, 0.25) is 0 Å². The quantitative estimate of drug-likeness (QED) is 0.549. The largest absolute Gasteiger partial charge is 0.506 e. The lowest BCUT2D eigenvalue weighted by atomic mass is 9.86. The van der Waals surface area contributed by atoms with Crippen LogP contribution in [0.3, 0.4) is 0 Å². The SMILES string of the molecule is O=C1/C(=C\c2cccc(Br)c2O)CCC/C1=C\c1cccc(Br)c1O. The first kappa shape index (κ1) is 18.0. The first-order valence-corrected chi connectivity index (χ1v) is 9.47. The molecule has 0 unspecified atom stereocenters. The van der Waals surface area contributed by atoms with Crippen molar-refractivity contribution in [1.29, 1.82) is 0 Å². The van der Waals surface area contributed by atoms with Gasteiger partial charge in [0.2, 0.25) is 0 Å². The number of rotatable bonds is 2. The van der Waals surface area contributed by atoms with E-state index in [1.54, 1.807) is 36.4 Å². The third-order valence-electron chi connectivity index (χ3n) is 4.17. The third-order valence-corrected chi connectivity index (χ3v) is 5.45. The molecule has 0 spiro atoms. The molecular weight excluding hydrogens is 448 g/mol. The molecule has 0 aromatic heterocycles. The van der Waals surface area contributed by atoms with Crippen molar-refractivity contribution >= 4 is 49.8 Å². The van der Waals surface area contributed by atoms with Gasteiger partial charge >= 0.3 is 0 Å². The summed E-state index contributed by atoms with van der Waals surface area (Å²) in [4.78, 5) is 12.8. The number of ketones is 1. The van der Waals surface area contributed by atoms with Crippen molar-refractivity contribution < 1.29 is 15.0 Å². The molecule has 0 atom stereocenters. The highest BCUT2D eigenvalue weighted by Gasteiger charge is 2.21. The second-order valence-corrected chi connectivity index (χ2v) is 7.59. The van der Waals surface area contributed by atoms with E-state index >= 15 is 0 Å². The molecule has 1 saturated carbocycles. The van der Waals surface area contributed by atoms with E-state index in [9.17, 15) is 15.0 Å². The van der Waals surface area contributed by atoms with Crippen LogP contribution in [0.15, 0.2) is 56.5 Å². The molecular formula is C20H16Br2O3. The number of halogens is 2. The zero-order valence-electron chi connectivity index (χ0n) is 13.3. The second-order valence-electron chi connectivity index (χ2n) is 5.88. The Balaban J connectivity index is 1.96. The number of hydrogen-bond donors (Lipinski definition) is 2. The fourth-order valence-corrected chi connectivity index (χ4v) is 3.61. The summed E-state index contributed by atoms with van der Waals surface area (Å²) in [6.07, 6.45) is 5.69. The molecule has 1 aliphatic carbocycles. The molecule has 0 radical (unpaired) electrons. The lowest BCUT2D eigenvalue weighted by Gasteiger charge is -2.17. The molecule has 25 heavy (non-hydrogen) atoms. The van der Waals surface area contributed by atoms with Crippen molar-refractivity contribution in [2.24, 2.45) is 0 Å². The molecule has 1 fully saturated rings. The molecule has 2 aromatic rings. The number of allylic oxidation sites excluding steroid dienone is 2. The van der Waals surface area contributed by atoms with Gasteiger partial charge in [-0.25, -0.2) is 0 Å². The van der Waals surface area contributed by atoms with Gasteiger partial charge in [0.15, 0.2) is 5.78 Å². The molecule has 0 bridgehead atoms. The standard InChI is InChI=1S/C20H16Br2O3/c21-16-8-2-6-14(19(16)24)10-12-4-1-5-13(18(12)23)11-15-7-3-9-17(22)20(15)25/h2-3,6-11,24-25H,1,4-5H2/b12-10-,13-11+. The topological polar surface area (TPSA) is 57.5 Å². The van der Waals surface area contributed by atoms with Gasteiger partial charge in [-0.1, -0.05) is 24.3 Å². The fraction of sp³-hybridized carbons (Fsp3) is 0.150. The summed E-state index contributed by atoms with van der Waals surface area (Å²) in [6, 6.07) is 10.7. The summed E-state index contributed by atoms with van der Waals surface area (Å²) in [5.41, 5.74) is 2.56.